The van der Waals surface area contributed by atoms with E-state index >= 15 is 0 Å². The van der Waals surface area contributed by atoms with Gasteiger partial charge in [0.1, 0.15) is 0 Å². The second-order valence-electron chi connectivity index (χ2n) is 9.82. The minimum absolute atomic E-state index is 0.0902. The molecule has 3 aliphatic rings. The molecule has 2 fully saturated rings. The molecule has 0 spiro atoms. The van der Waals surface area contributed by atoms with Gasteiger partial charge in [-0.2, -0.15) is 13.2 Å². The lowest BCUT2D eigenvalue weighted by Gasteiger charge is -2.43. The summed E-state index contributed by atoms with van der Waals surface area (Å²) in [4.78, 5) is 17.5. The SMILES string of the molecule is Cc1cc(C(F)(F)F)cc2c1cc(CC1C(Cl)=CC=C(C(=O)N3CCN(C4COC4)CC3)C1Cl)n2C. The minimum atomic E-state index is -4.42. The average Bonchev–Trinajstić information content (AvgIpc) is 3.11. The van der Waals surface area contributed by atoms with E-state index in [0.717, 1.165) is 37.4 Å². The number of carbonyl (C=O) groups excluding carboxylic acids is 1. The van der Waals surface area contributed by atoms with E-state index in [4.69, 9.17) is 27.9 Å². The number of amides is 1. The Hall–Kier alpha value is -2.00. The van der Waals surface area contributed by atoms with Crippen LogP contribution in [0, 0.1) is 12.8 Å². The average molecular weight is 542 g/mol. The zero-order chi connectivity index (χ0) is 25.8. The number of fused-ring (bicyclic) bond motifs is 1. The summed E-state index contributed by atoms with van der Waals surface area (Å²) in [5.41, 5.74) is 1.69. The van der Waals surface area contributed by atoms with Crippen LogP contribution in [0.1, 0.15) is 16.8 Å². The molecule has 1 aliphatic carbocycles. The molecule has 0 bridgehead atoms. The van der Waals surface area contributed by atoms with Crippen LogP contribution in [0.3, 0.4) is 0 Å². The summed E-state index contributed by atoms with van der Waals surface area (Å²) in [6.07, 6.45) is -0.602. The highest BCUT2D eigenvalue weighted by atomic mass is 35.5. The number of hydrogen-bond acceptors (Lipinski definition) is 3. The second kappa shape index (κ2) is 9.71. The maximum atomic E-state index is 13.4. The number of allylic oxidation sites excluding steroid dienone is 3. The van der Waals surface area contributed by atoms with E-state index in [0.29, 0.717) is 47.2 Å². The number of aryl methyl sites for hydroxylation is 2. The Kier molecular flexibility index (Phi) is 6.91. The third-order valence-corrected chi connectivity index (χ3v) is 8.58. The lowest BCUT2D eigenvalue weighted by molar-refractivity contribution is -0.137. The number of carbonyl (C=O) groups is 1. The van der Waals surface area contributed by atoms with E-state index in [9.17, 15) is 18.0 Å². The van der Waals surface area contributed by atoms with Crippen molar-refractivity contribution in [1.82, 2.24) is 14.4 Å². The number of halogens is 5. The fraction of sp³-hybridized carbons (Fsp3) is 0.500. The third kappa shape index (κ3) is 4.69. The molecule has 2 aliphatic heterocycles. The molecule has 1 aromatic carbocycles. The van der Waals surface area contributed by atoms with Crippen molar-refractivity contribution in [2.75, 3.05) is 39.4 Å². The molecule has 1 amide bonds. The lowest BCUT2D eigenvalue weighted by Crippen LogP contribution is -2.57. The fourth-order valence-corrected chi connectivity index (χ4v) is 6.01. The predicted octanol–water partition coefficient (Wildman–Crippen LogP) is 4.88. The van der Waals surface area contributed by atoms with E-state index in [1.807, 2.05) is 11.0 Å². The van der Waals surface area contributed by atoms with Gasteiger partial charge in [-0.3, -0.25) is 9.69 Å². The van der Waals surface area contributed by atoms with Crippen molar-refractivity contribution in [2.24, 2.45) is 13.0 Å². The van der Waals surface area contributed by atoms with Crippen LogP contribution < -0.4 is 0 Å². The molecule has 36 heavy (non-hydrogen) atoms. The van der Waals surface area contributed by atoms with E-state index < -0.39 is 17.1 Å². The molecular weight excluding hydrogens is 514 g/mol. The van der Waals surface area contributed by atoms with Crippen LogP contribution in [0.5, 0.6) is 0 Å². The van der Waals surface area contributed by atoms with Gasteiger partial charge in [-0.1, -0.05) is 17.7 Å². The number of ether oxygens (including phenoxy) is 1. The molecule has 2 saturated heterocycles. The van der Waals surface area contributed by atoms with Crippen molar-refractivity contribution < 1.29 is 22.7 Å². The highest BCUT2D eigenvalue weighted by Gasteiger charge is 2.37. The summed E-state index contributed by atoms with van der Waals surface area (Å²) in [5.74, 6) is -0.455. The smallest absolute Gasteiger partial charge is 0.378 e. The normalized spacial score (nSPS) is 24.0. The molecular formula is C26H28Cl2F3N3O2. The first kappa shape index (κ1) is 25.6. The van der Waals surface area contributed by atoms with Crippen LogP contribution in [-0.4, -0.2) is 71.1 Å². The molecule has 1 aromatic heterocycles. The summed E-state index contributed by atoms with van der Waals surface area (Å²) in [7, 11) is 1.75. The van der Waals surface area contributed by atoms with Gasteiger partial charge >= 0.3 is 6.18 Å². The van der Waals surface area contributed by atoms with Gasteiger partial charge in [0, 0.05) is 66.3 Å². The van der Waals surface area contributed by atoms with Crippen molar-refractivity contribution in [3.05, 3.63) is 57.8 Å². The quantitative estimate of drug-likeness (QED) is 0.518. The standard InChI is InChI=1S/C26H28Cl2F3N3O2/c1-15-9-16(26(29,30)31)10-23-20(15)11-17(32(23)2)12-21-22(27)4-3-19(24(21)28)25(35)34-7-5-33(6-8-34)18-13-36-14-18/h3-4,9-11,18,21,24H,5-8,12-14H2,1-2H3. The molecule has 0 saturated carbocycles. The topological polar surface area (TPSA) is 37.7 Å². The second-order valence-corrected chi connectivity index (χ2v) is 10.7. The van der Waals surface area contributed by atoms with Crippen molar-refractivity contribution in [2.45, 2.75) is 30.9 Å². The summed E-state index contributed by atoms with van der Waals surface area (Å²) in [6, 6.07) is 4.68. The van der Waals surface area contributed by atoms with Gasteiger partial charge in [0.2, 0.25) is 0 Å². The summed E-state index contributed by atoms with van der Waals surface area (Å²) in [5, 5.41) is 0.640. The zero-order valence-electron chi connectivity index (χ0n) is 20.1. The monoisotopic (exact) mass is 541 g/mol. The van der Waals surface area contributed by atoms with Gasteiger partial charge < -0.3 is 14.2 Å². The minimum Gasteiger partial charge on any atom is -0.378 e. The van der Waals surface area contributed by atoms with Crippen molar-refractivity contribution in [3.8, 4) is 0 Å². The molecule has 5 nitrogen and oxygen atoms in total. The van der Waals surface area contributed by atoms with Gasteiger partial charge in [0.15, 0.2) is 0 Å². The Morgan fingerprint density at radius 2 is 1.81 bits per heavy atom. The first-order chi connectivity index (χ1) is 17.0. The summed E-state index contributed by atoms with van der Waals surface area (Å²) >= 11 is 13.4. The highest BCUT2D eigenvalue weighted by molar-refractivity contribution is 6.33. The van der Waals surface area contributed by atoms with Crippen LogP contribution in [0.15, 0.2) is 41.0 Å². The predicted molar refractivity (Wildman–Crippen MR) is 134 cm³/mol. The number of benzene rings is 1. The first-order valence-electron chi connectivity index (χ1n) is 12.0. The molecule has 2 aromatic rings. The Balaban J connectivity index is 1.33. The van der Waals surface area contributed by atoms with Gasteiger partial charge in [0.05, 0.1) is 30.2 Å². The van der Waals surface area contributed by atoms with Crippen molar-refractivity contribution >= 4 is 40.0 Å². The van der Waals surface area contributed by atoms with Crippen molar-refractivity contribution in [3.63, 3.8) is 0 Å². The molecule has 3 heterocycles. The Morgan fingerprint density at radius 1 is 1.11 bits per heavy atom. The molecule has 10 heteroatoms. The highest BCUT2D eigenvalue weighted by Crippen LogP contribution is 2.38. The Morgan fingerprint density at radius 3 is 2.42 bits per heavy atom. The van der Waals surface area contributed by atoms with Crippen LogP contribution in [-0.2, 0) is 29.2 Å². The Bertz CT molecular complexity index is 1240. The maximum Gasteiger partial charge on any atom is 0.416 e. The fourth-order valence-electron chi connectivity index (χ4n) is 5.29. The van der Waals surface area contributed by atoms with E-state index in [1.165, 1.54) is 12.1 Å². The number of piperazine rings is 1. The number of aromatic nitrogens is 1. The number of hydrogen-bond donors (Lipinski definition) is 0. The zero-order valence-corrected chi connectivity index (χ0v) is 21.6. The van der Waals surface area contributed by atoms with Crippen molar-refractivity contribution in [1.29, 1.82) is 0 Å². The lowest BCUT2D eigenvalue weighted by atomic mass is 9.88. The number of alkyl halides is 4. The van der Waals surface area contributed by atoms with Crippen LogP contribution in [0.25, 0.3) is 10.9 Å². The summed E-state index contributed by atoms with van der Waals surface area (Å²) < 4.78 is 47.1. The molecule has 0 N–H and O–H groups in total. The Labute approximate surface area is 218 Å². The summed E-state index contributed by atoms with van der Waals surface area (Å²) in [6.45, 7) is 6.03. The molecule has 2 unspecified atom stereocenters. The third-order valence-electron chi connectivity index (χ3n) is 7.64. The largest absolute Gasteiger partial charge is 0.416 e. The maximum absolute atomic E-state index is 13.4. The van der Waals surface area contributed by atoms with E-state index in [-0.39, 0.29) is 11.8 Å². The van der Waals surface area contributed by atoms with Gasteiger partial charge in [0.25, 0.3) is 5.91 Å². The first-order valence-corrected chi connectivity index (χ1v) is 12.8. The van der Waals surface area contributed by atoms with Crippen LogP contribution >= 0.6 is 23.2 Å². The number of nitrogens with zero attached hydrogens (tertiary/aromatic N) is 3. The van der Waals surface area contributed by atoms with Gasteiger partial charge in [-0.25, -0.2) is 0 Å². The van der Waals surface area contributed by atoms with Gasteiger partial charge in [-0.05, 0) is 43.2 Å². The van der Waals surface area contributed by atoms with Gasteiger partial charge in [-0.15, -0.1) is 11.6 Å². The van der Waals surface area contributed by atoms with E-state index in [1.54, 1.807) is 30.7 Å². The molecule has 194 valence electrons. The molecule has 2 atom stereocenters. The number of rotatable bonds is 4. The molecule has 5 rings (SSSR count). The molecule has 0 radical (unpaired) electrons. The van der Waals surface area contributed by atoms with Crippen LogP contribution in [0.2, 0.25) is 0 Å². The van der Waals surface area contributed by atoms with E-state index in [2.05, 4.69) is 4.90 Å². The van der Waals surface area contributed by atoms with Crippen LogP contribution in [0.4, 0.5) is 13.2 Å².